The van der Waals surface area contributed by atoms with Crippen molar-refractivity contribution >= 4 is 22.9 Å². The second-order valence-corrected chi connectivity index (χ2v) is 8.97. The number of aryl methyl sites for hydroxylation is 2. The second-order valence-electron chi connectivity index (χ2n) is 7.99. The Kier molecular flexibility index (Phi) is 5.48. The summed E-state index contributed by atoms with van der Waals surface area (Å²) < 4.78 is 0. The molecular formula is C25H25NO2S. The van der Waals surface area contributed by atoms with E-state index in [4.69, 9.17) is 0 Å². The highest BCUT2D eigenvalue weighted by atomic mass is 32.1. The summed E-state index contributed by atoms with van der Waals surface area (Å²) in [6.07, 6.45) is 0. The van der Waals surface area contributed by atoms with Gasteiger partial charge in [-0.25, -0.2) is 0 Å². The third-order valence-corrected chi connectivity index (χ3v) is 6.82. The minimum absolute atomic E-state index is 0.0539. The van der Waals surface area contributed by atoms with Crippen molar-refractivity contribution in [1.29, 1.82) is 0 Å². The van der Waals surface area contributed by atoms with Gasteiger partial charge in [0.05, 0.1) is 12.0 Å². The first-order valence-electron chi connectivity index (χ1n) is 9.91. The molecule has 0 saturated carbocycles. The van der Waals surface area contributed by atoms with Crippen LogP contribution < -0.4 is 0 Å². The van der Waals surface area contributed by atoms with Crippen molar-refractivity contribution in [1.82, 2.24) is 4.90 Å². The largest absolute Gasteiger partial charge is 0.297 e. The van der Waals surface area contributed by atoms with Gasteiger partial charge in [0.1, 0.15) is 0 Å². The molecule has 1 aliphatic rings. The summed E-state index contributed by atoms with van der Waals surface area (Å²) in [7, 11) is 2.02. The normalized spacial score (nSPS) is 22.0. The van der Waals surface area contributed by atoms with Crippen molar-refractivity contribution in [3.8, 4) is 0 Å². The van der Waals surface area contributed by atoms with Gasteiger partial charge < -0.3 is 0 Å². The molecule has 1 fully saturated rings. The molecule has 1 aliphatic heterocycles. The molecule has 3 atom stereocenters. The number of hydrogen-bond acceptors (Lipinski definition) is 4. The van der Waals surface area contributed by atoms with Crippen LogP contribution in [0.2, 0.25) is 0 Å². The number of carbonyl (C=O) groups excluding carboxylic acids is 2. The number of benzene rings is 2. The minimum Gasteiger partial charge on any atom is -0.297 e. The van der Waals surface area contributed by atoms with Gasteiger partial charge >= 0.3 is 0 Å². The highest BCUT2D eigenvalue weighted by molar-refractivity contribution is 7.10. The number of thiophene rings is 1. The van der Waals surface area contributed by atoms with Crippen molar-refractivity contribution in [2.75, 3.05) is 13.6 Å². The van der Waals surface area contributed by atoms with E-state index in [2.05, 4.69) is 11.0 Å². The Morgan fingerprint density at radius 1 is 0.862 bits per heavy atom. The monoisotopic (exact) mass is 403 g/mol. The highest BCUT2D eigenvalue weighted by Crippen LogP contribution is 2.44. The van der Waals surface area contributed by atoms with Gasteiger partial charge in [-0.3, -0.25) is 14.5 Å². The van der Waals surface area contributed by atoms with E-state index in [1.807, 2.05) is 80.9 Å². The Balaban J connectivity index is 1.74. The van der Waals surface area contributed by atoms with Crippen molar-refractivity contribution in [2.24, 2.45) is 11.8 Å². The Labute approximate surface area is 176 Å². The van der Waals surface area contributed by atoms with Gasteiger partial charge in [0.25, 0.3) is 0 Å². The third-order valence-electron chi connectivity index (χ3n) is 5.88. The van der Waals surface area contributed by atoms with E-state index in [-0.39, 0.29) is 23.5 Å². The summed E-state index contributed by atoms with van der Waals surface area (Å²) >= 11 is 1.65. The molecule has 4 heteroatoms. The van der Waals surface area contributed by atoms with Crippen LogP contribution in [0.4, 0.5) is 0 Å². The summed E-state index contributed by atoms with van der Waals surface area (Å²) in [4.78, 5) is 30.4. The lowest BCUT2D eigenvalue weighted by Gasteiger charge is -2.24. The standard InChI is InChI=1S/C25H25NO2S/c1-16-6-10-18(11-7-16)24(27)20-15-26(3)23(21-5-4-14-29-21)22(20)25(28)19-12-8-17(2)9-13-19/h4-14,20,22-23H,15H2,1-3H3/t20-,22+,23-/m0/s1. The molecule has 0 unspecified atom stereocenters. The molecule has 3 nitrogen and oxygen atoms in total. The Bertz CT molecular complexity index is 1010. The fourth-order valence-electron chi connectivity index (χ4n) is 4.30. The van der Waals surface area contributed by atoms with Gasteiger partial charge in [0.15, 0.2) is 11.6 Å². The number of Topliss-reactive ketones (excluding diaryl/α,β-unsaturated/α-hetero) is 2. The Hall–Kier alpha value is -2.56. The van der Waals surface area contributed by atoms with Crippen molar-refractivity contribution in [3.05, 3.63) is 93.2 Å². The lowest BCUT2D eigenvalue weighted by atomic mass is 9.79. The second kappa shape index (κ2) is 8.05. The molecule has 0 radical (unpaired) electrons. The van der Waals surface area contributed by atoms with Crippen LogP contribution in [0.3, 0.4) is 0 Å². The zero-order valence-electron chi connectivity index (χ0n) is 17.0. The molecule has 0 bridgehead atoms. The fraction of sp³-hybridized carbons (Fsp3) is 0.280. The lowest BCUT2D eigenvalue weighted by Crippen LogP contribution is -2.30. The SMILES string of the molecule is Cc1ccc(C(=O)[C@@H]2[C@@H](C(=O)c3ccc(C)cc3)CN(C)[C@H]2c2cccs2)cc1. The number of hydrogen-bond donors (Lipinski definition) is 0. The number of nitrogens with zero attached hydrogens (tertiary/aromatic N) is 1. The maximum absolute atomic E-state index is 13.6. The molecule has 2 aromatic carbocycles. The highest BCUT2D eigenvalue weighted by Gasteiger charge is 2.48. The zero-order valence-corrected chi connectivity index (χ0v) is 17.8. The van der Waals surface area contributed by atoms with E-state index in [0.29, 0.717) is 17.7 Å². The molecule has 0 spiro atoms. The number of likely N-dealkylation sites (tertiary alicyclic amines) is 1. The zero-order chi connectivity index (χ0) is 20.5. The molecular weight excluding hydrogens is 378 g/mol. The van der Waals surface area contributed by atoms with Crippen molar-refractivity contribution < 1.29 is 9.59 Å². The lowest BCUT2D eigenvalue weighted by molar-refractivity contribution is 0.0786. The molecule has 1 aromatic heterocycles. The van der Waals surface area contributed by atoms with E-state index in [1.54, 1.807) is 11.3 Å². The molecule has 2 heterocycles. The first-order chi connectivity index (χ1) is 14.0. The third kappa shape index (κ3) is 3.83. The average Bonchev–Trinajstić information content (AvgIpc) is 3.35. The van der Waals surface area contributed by atoms with E-state index in [9.17, 15) is 9.59 Å². The average molecular weight is 404 g/mol. The summed E-state index contributed by atoms with van der Waals surface area (Å²) in [5.41, 5.74) is 3.60. The van der Waals surface area contributed by atoms with Gasteiger partial charge in [-0.1, -0.05) is 65.7 Å². The first-order valence-corrected chi connectivity index (χ1v) is 10.8. The van der Waals surface area contributed by atoms with Crippen LogP contribution in [0.5, 0.6) is 0 Å². The molecule has 148 valence electrons. The molecule has 29 heavy (non-hydrogen) atoms. The van der Waals surface area contributed by atoms with Crippen LogP contribution in [0.15, 0.2) is 66.0 Å². The van der Waals surface area contributed by atoms with E-state index >= 15 is 0 Å². The smallest absolute Gasteiger partial charge is 0.168 e. The van der Waals surface area contributed by atoms with Gasteiger partial charge in [0, 0.05) is 28.5 Å². The van der Waals surface area contributed by atoms with Gasteiger partial charge in [-0.15, -0.1) is 11.3 Å². The molecule has 1 saturated heterocycles. The van der Waals surface area contributed by atoms with Gasteiger partial charge in [-0.05, 0) is 32.3 Å². The molecule has 0 aliphatic carbocycles. The van der Waals surface area contributed by atoms with Gasteiger partial charge in [-0.2, -0.15) is 0 Å². The van der Waals surface area contributed by atoms with E-state index in [1.165, 1.54) is 0 Å². The molecule has 0 N–H and O–H groups in total. The maximum Gasteiger partial charge on any atom is 0.168 e. The predicted molar refractivity (Wildman–Crippen MR) is 118 cm³/mol. The Morgan fingerprint density at radius 2 is 1.41 bits per heavy atom. The number of ketones is 2. The van der Waals surface area contributed by atoms with Crippen LogP contribution in [-0.4, -0.2) is 30.1 Å². The molecule has 4 rings (SSSR count). The van der Waals surface area contributed by atoms with Crippen LogP contribution in [0.1, 0.15) is 42.8 Å². The van der Waals surface area contributed by atoms with E-state index < -0.39 is 5.92 Å². The predicted octanol–water partition coefficient (Wildman–Crippen LogP) is 5.35. The summed E-state index contributed by atoms with van der Waals surface area (Å²) in [5.74, 6) is -0.640. The Morgan fingerprint density at radius 3 is 1.93 bits per heavy atom. The number of carbonyl (C=O) groups is 2. The number of rotatable bonds is 5. The van der Waals surface area contributed by atoms with Crippen LogP contribution in [-0.2, 0) is 0 Å². The van der Waals surface area contributed by atoms with Crippen molar-refractivity contribution in [2.45, 2.75) is 19.9 Å². The molecule has 0 amide bonds. The van der Waals surface area contributed by atoms with Crippen molar-refractivity contribution in [3.63, 3.8) is 0 Å². The fourth-order valence-corrected chi connectivity index (χ4v) is 5.24. The minimum atomic E-state index is -0.393. The first kappa shape index (κ1) is 19.7. The van der Waals surface area contributed by atoms with Crippen LogP contribution in [0, 0.1) is 25.7 Å². The summed E-state index contributed by atoms with van der Waals surface area (Å²) in [6.45, 7) is 4.60. The summed E-state index contributed by atoms with van der Waals surface area (Å²) in [5, 5.41) is 2.03. The van der Waals surface area contributed by atoms with Crippen LogP contribution >= 0.6 is 11.3 Å². The van der Waals surface area contributed by atoms with E-state index in [0.717, 1.165) is 16.0 Å². The quantitative estimate of drug-likeness (QED) is 0.539. The summed E-state index contributed by atoms with van der Waals surface area (Å²) in [6, 6.07) is 19.4. The van der Waals surface area contributed by atoms with Gasteiger partial charge in [0.2, 0.25) is 0 Å². The maximum atomic E-state index is 13.6. The van der Waals surface area contributed by atoms with Crippen LogP contribution in [0.25, 0.3) is 0 Å². The molecule has 3 aromatic rings. The topological polar surface area (TPSA) is 37.4 Å².